The Morgan fingerprint density at radius 1 is 1.00 bits per heavy atom. The zero-order valence-electron chi connectivity index (χ0n) is 18.6. The van der Waals surface area contributed by atoms with Gasteiger partial charge in [-0.15, -0.1) is 0 Å². The number of likely N-dealkylation sites (tertiary alicyclic amines) is 1. The average molecular weight is 490 g/mol. The van der Waals surface area contributed by atoms with Crippen LogP contribution in [0.15, 0.2) is 47.4 Å². The van der Waals surface area contributed by atoms with E-state index in [0.717, 1.165) is 32.1 Å². The van der Waals surface area contributed by atoms with Crippen LogP contribution in [0.5, 0.6) is 0 Å². The van der Waals surface area contributed by atoms with Crippen molar-refractivity contribution in [1.82, 2.24) is 9.21 Å². The molecular formula is C24H28ClN3O4S. The molecule has 1 unspecified atom stereocenters. The van der Waals surface area contributed by atoms with Gasteiger partial charge in [-0.3, -0.25) is 9.59 Å². The summed E-state index contributed by atoms with van der Waals surface area (Å²) >= 11 is 6.12. The molecule has 4 rings (SSSR count). The highest BCUT2D eigenvalue weighted by Gasteiger charge is 2.31. The van der Waals surface area contributed by atoms with Crippen LogP contribution < -0.4 is 5.32 Å². The van der Waals surface area contributed by atoms with Crippen molar-refractivity contribution in [3.8, 4) is 0 Å². The fourth-order valence-corrected chi connectivity index (χ4v) is 6.37. The highest BCUT2D eigenvalue weighted by Crippen LogP contribution is 2.27. The third-order valence-electron chi connectivity index (χ3n) is 6.30. The molecule has 0 aliphatic carbocycles. The first-order valence-corrected chi connectivity index (χ1v) is 13.1. The number of carbonyl (C=O) groups excluding carboxylic acids is 2. The summed E-state index contributed by atoms with van der Waals surface area (Å²) < 4.78 is 27.9. The SMILES string of the molecule is CC1CCCCN1S(=O)(=O)c1cccc(C(=O)Nc2ccc(Cl)cc2C(=O)N2CCCC2)c1. The van der Waals surface area contributed by atoms with Gasteiger partial charge >= 0.3 is 0 Å². The van der Waals surface area contributed by atoms with Crippen LogP contribution in [0.25, 0.3) is 0 Å². The Morgan fingerprint density at radius 2 is 1.73 bits per heavy atom. The number of nitrogens with one attached hydrogen (secondary N) is 1. The van der Waals surface area contributed by atoms with Gasteiger partial charge in [-0.25, -0.2) is 8.42 Å². The van der Waals surface area contributed by atoms with Crippen molar-refractivity contribution in [1.29, 1.82) is 0 Å². The highest BCUT2D eigenvalue weighted by atomic mass is 35.5. The molecule has 176 valence electrons. The van der Waals surface area contributed by atoms with Gasteiger partial charge in [-0.2, -0.15) is 4.31 Å². The number of benzene rings is 2. The molecular weight excluding hydrogens is 462 g/mol. The molecule has 0 saturated carbocycles. The highest BCUT2D eigenvalue weighted by molar-refractivity contribution is 7.89. The van der Waals surface area contributed by atoms with Crippen molar-refractivity contribution >= 4 is 39.1 Å². The Hall–Kier alpha value is -2.42. The van der Waals surface area contributed by atoms with Gasteiger partial charge in [0.15, 0.2) is 0 Å². The second kappa shape index (κ2) is 9.83. The van der Waals surface area contributed by atoms with Crippen molar-refractivity contribution in [2.24, 2.45) is 0 Å². The predicted octanol–water partition coefficient (Wildman–Crippen LogP) is 4.39. The Kier molecular flexibility index (Phi) is 7.07. The van der Waals surface area contributed by atoms with Crippen LogP contribution in [0.3, 0.4) is 0 Å². The van der Waals surface area contributed by atoms with Gasteiger partial charge in [0.2, 0.25) is 10.0 Å². The van der Waals surface area contributed by atoms with Crippen LogP contribution in [-0.2, 0) is 10.0 Å². The lowest BCUT2D eigenvalue weighted by Gasteiger charge is -2.32. The van der Waals surface area contributed by atoms with E-state index in [-0.39, 0.29) is 22.4 Å². The van der Waals surface area contributed by atoms with Crippen LogP contribution in [0.2, 0.25) is 5.02 Å². The average Bonchev–Trinajstić information content (AvgIpc) is 3.35. The van der Waals surface area contributed by atoms with Crippen molar-refractivity contribution in [2.75, 3.05) is 25.0 Å². The molecule has 2 aliphatic rings. The lowest BCUT2D eigenvalue weighted by atomic mass is 10.1. The molecule has 33 heavy (non-hydrogen) atoms. The minimum atomic E-state index is -3.70. The number of anilines is 1. The van der Waals surface area contributed by atoms with Gasteiger partial charge in [0.05, 0.1) is 16.1 Å². The van der Waals surface area contributed by atoms with E-state index in [4.69, 9.17) is 11.6 Å². The van der Waals surface area contributed by atoms with Gasteiger partial charge in [0.25, 0.3) is 11.8 Å². The maximum Gasteiger partial charge on any atom is 0.256 e. The number of nitrogens with zero attached hydrogens (tertiary/aromatic N) is 2. The first kappa shape index (κ1) is 23.7. The molecule has 0 aromatic heterocycles. The minimum absolute atomic E-state index is 0.0746. The van der Waals surface area contributed by atoms with Gasteiger partial charge in [0.1, 0.15) is 0 Å². The van der Waals surface area contributed by atoms with Gasteiger partial charge in [0, 0.05) is 36.3 Å². The summed E-state index contributed by atoms with van der Waals surface area (Å²) in [7, 11) is -3.70. The number of rotatable bonds is 5. The molecule has 2 aromatic carbocycles. The maximum atomic E-state index is 13.2. The van der Waals surface area contributed by atoms with E-state index in [9.17, 15) is 18.0 Å². The van der Waals surface area contributed by atoms with E-state index >= 15 is 0 Å². The molecule has 9 heteroatoms. The zero-order chi connectivity index (χ0) is 23.6. The molecule has 2 heterocycles. The molecule has 1 N–H and O–H groups in total. The van der Waals surface area contributed by atoms with E-state index in [1.54, 1.807) is 35.2 Å². The topological polar surface area (TPSA) is 86.8 Å². The Labute approximate surface area is 199 Å². The lowest BCUT2D eigenvalue weighted by molar-refractivity contribution is 0.0794. The summed E-state index contributed by atoms with van der Waals surface area (Å²) in [6.45, 7) is 3.74. The second-order valence-electron chi connectivity index (χ2n) is 8.63. The Bertz CT molecular complexity index is 1160. The number of amides is 2. The van der Waals surface area contributed by atoms with Crippen molar-refractivity contribution in [3.63, 3.8) is 0 Å². The lowest BCUT2D eigenvalue weighted by Crippen LogP contribution is -2.41. The first-order chi connectivity index (χ1) is 15.8. The van der Waals surface area contributed by atoms with E-state index in [0.29, 0.717) is 35.9 Å². The van der Waals surface area contributed by atoms with Gasteiger partial charge < -0.3 is 10.2 Å². The number of hydrogen-bond acceptors (Lipinski definition) is 4. The second-order valence-corrected chi connectivity index (χ2v) is 11.0. The quantitative estimate of drug-likeness (QED) is 0.674. The normalized spacial score (nSPS) is 19.5. The van der Waals surface area contributed by atoms with Gasteiger partial charge in [-0.05, 0) is 69.0 Å². The smallest absolute Gasteiger partial charge is 0.256 e. The van der Waals surface area contributed by atoms with Crippen LogP contribution in [0.1, 0.15) is 59.7 Å². The van der Waals surface area contributed by atoms with Crippen molar-refractivity contribution in [2.45, 2.75) is 50.0 Å². The molecule has 2 saturated heterocycles. The van der Waals surface area contributed by atoms with E-state index in [1.165, 1.54) is 16.4 Å². The third kappa shape index (κ3) is 5.08. The summed E-state index contributed by atoms with van der Waals surface area (Å²) in [5.41, 5.74) is 0.873. The molecule has 2 fully saturated rings. The fourth-order valence-electron chi connectivity index (χ4n) is 4.45. The molecule has 1 atom stereocenters. The number of piperidine rings is 1. The van der Waals surface area contributed by atoms with Crippen LogP contribution >= 0.6 is 11.6 Å². The van der Waals surface area contributed by atoms with E-state index in [2.05, 4.69) is 5.32 Å². The standard InChI is InChI=1S/C24H28ClN3O4S/c1-17-7-2-3-14-28(17)33(31,32)20-9-6-8-18(15-20)23(29)26-22-11-10-19(25)16-21(22)24(30)27-12-4-5-13-27/h6,8-11,15-17H,2-5,7,12-14H2,1H3,(H,26,29). The third-order valence-corrected chi connectivity index (χ3v) is 8.54. The summed E-state index contributed by atoms with van der Waals surface area (Å²) in [5, 5.41) is 3.17. The number of sulfonamides is 1. The number of halogens is 1. The van der Waals surface area contributed by atoms with E-state index in [1.807, 2.05) is 6.92 Å². The van der Waals surface area contributed by atoms with Crippen LogP contribution in [-0.4, -0.2) is 55.1 Å². The molecule has 0 radical (unpaired) electrons. The van der Waals surface area contributed by atoms with Crippen molar-refractivity contribution in [3.05, 3.63) is 58.6 Å². The monoisotopic (exact) mass is 489 g/mol. The maximum absolute atomic E-state index is 13.2. The Morgan fingerprint density at radius 3 is 2.45 bits per heavy atom. The predicted molar refractivity (Wildman–Crippen MR) is 128 cm³/mol. The minimum Gasteiger partial charge on any atom is -0.339 e. The summed E-state index contributed by atoms with van der Waals surface area (Å²) in [4.78, 5) is 27.8. The number of hydrogen-bond donors (Lipinski definition) is 1. The largest absolute Gasteiger partial charge is 0.339 e. The molecule has 2 aliphatic heterocycles. The molecule has 0 spiro atoms. The van der Waals surface area contributed by atoms with Gasteiger partial charge in [-0.1, -0.05) is 24.1 Å². The fraction of sp³-hybridized carbons (Fsp3) is 0.417. The molecule has 2 amide bonds. The summed E-state index contributed by atoms with van der Waals surface area (Å²) in [6.07, 6.45) is 4.56. The molecule has 0 bridgehead atoms. The summed E-state index contributed by atoms with van der Waals surface area (Å²) in [5.74, 6) is -0.669. The first-order valence-electron chi connectivity index (χ1n) is 11.3. The zero-order valence-corrected chi connectivity index (χ0v) is 20.2. The van der Waals surface area contributed by atoms with Crippen molar-refractivity contribution < 1.29 is 18.0 Å². The molecule has 7 nitrogen and oxygen atoms in total. The Balaban J connectivity index is 1.58. The van der Waals surface area contributed by atoms with Crippen LogP contribution in [0, 0.1) is 0 Å². The van der Waals surface area contributed by atoms with Crippen LogP contribution in [0.4, 0.5) is 5.69 Å². The number of carbonyl (C=O) groups is 2. The van der Waals surface area contributed by atoms with E-state index < -0.39 is 15.9 Å². The summed E-state index contributed by atoms with van der Waals surface area (Å²) in [6, 6.07) is 10.7. The molecule has 2 aromatic rings.